The molecule has 1 aromatic carbocycles. The number of hydrogen-bond donors (Lipinski definition) is 2. The zero-order chi connectivity index (χ0) is 18.8. The van der Waals surface area contributed by atoms with Crippen molar-refractivity contribution >= 4 is 51.4 Å². The molecule has 2 N–H and O–H groups in total. The normalized spacial score (nSPS) is 13.5. The van der Waals surface area contributed by atoms with Crippen LogP contribution in [0, 0.1) is 4.77 Å². The van der Waals surface area contributed by atoms with Crippen LogP contribution in [0.5, 0.6) is 0 Å². The fourth-order valence-corrected chi connectivity index (χ4v) is 5.69. The number of aromatic amines is 1. The van der Waals surface area contributed by atoms with E-state index in [-0.39, 0.29) is 22.0 Å². The van der Waals surface area contributed by atoms with Gasteiger partial charge in [0.1, 0.15) is 4.83 Å². The Labute approximate surface area is 169 Å². The molecule has 0 radical (unpaired) electrons. The molecule has 0 fully saturated rings. The van der Waals surface area contributed by atoms with Crippen LogP contribution < -0.4 is 11.0 Å². The van der Waals surface area contributed by atoms with Crippen LogP contribution in [-0.4, -0.2) is 21.3 Å². The van der Waals surface area contributed by atoms with Gasteiger partial charge in [0.2, 0.25) is 10.7 Å². The number of carbonyl (C=O) groups excluding carboxylic acids is 1. The second-order valence-electron chi connectivity index (χ2n) is 6.50. The molecule has 0 spiro atoms. The number of amides is 1. The SMILES string of the molecule is O=C(CSCc1ccccc1)Nn1c(=S)[nH]c2sc3c(c2c1=O)CCCC3. The second-order valence-corrected chi connectivity index (χ2v) is 8.98. The van der Waals surface area contributed by atoms with E-state index in [1.54, 1.807) is 11.3 Å². The fourth-order valence-electron chi connectivity index (χ4n) is 3.33. The van der Waals surface area contributed by atoms with Crippen molar-refractivity contribution in [2.24, 2.45) is 0 Å². The molecule has 0 saturated carbocycles. The van der Waals surface area contributed by atoms with Gasteiger partial charge in [-0.3, -0.25) is 15.0 Å². The van der Waals surface area contributed by atoms with Gasteiger partial charge in [0.05, 0.1) is 11.1 Å². The van der Waals surface area contributed by atoms with E-state index in [9.17, 15) is 9.59 Å². The van der Waals surface area contributed by atoms with Crippen molar-refractivity contribution in [3.63, 3.8) is 0 Å². The van der Waals surface area contributed by atoms with Crippen LogP contribution in [0.2, 0.25) is 0 Å². The third-order valence-electron chi connectivity index (χ3n) is 4.59. The minimum Gasteiger partial charge on any atom is -0.322 e. The number of aromatic nitrogens is 2. The minimum atomic E-state index is -0.235. The van der Waals surface area contributed by atoms with Crippen LogP contribution in [-0.2, 0) is 23.4 Å². The summed E-state index contributed by atoms with van der Waals surface area (Å²) in [4.78, 5) is 30.5. The molecular formula is C19H19N3O2S3. The summed E-state index contributed by atoms with van der Waals surface area (Å²) in [5, 5.41) is 0.681. The summed E-state index contributed by atoms with van der Waals surface area (Å²) < 4.78 is 1.41. The number of thiophene rings is 1. The van der Waals surface area contributed by atoms with Gasteiger partial charge in [-0.25, -0.2) is 0 Å². The molecule has 3 aromatic rings. The molecule has 1 amide bonds. The Bertz CT molecular complexity index is 1100. The third kappa shape index (κ3) is 3.88. The quantitative estimate of drug-likeness (QED) is 0.616. The zero-order valence-corrected chi connectivity index (χ0v) is 17.1. The lowest BCUT2D eigenvalue weighted by Gasteiger charge is -2.11. The summed E-state index contributed by atoms with van der Waals surface area (Å²) in [5.41, 5.74) is 4.73. The number of fused-ring (bicyclic) bond motifs is 3. The molecule has 2 heterocycles. The molecule has 27 heavy (non-hydrogen) atoms. The van der Waals surface area contributed by atoms with Crippen molar-refractivity contribution in [3.05, 3.63) is 61.5 Å². The topological polar surface area (TPSA) is 66.9 Å². The minimum absolute atomic E-state index is 0.227. The highest BCUT2D eigenvalue weighted by molar-refractivity contribution is 7.99. The van der Waals surface area contributed by atoms with Gasteiger partial charge in [-0.1, -0.05) is 30.3 Å². The molecule has 1 aliphatic carbocycles. The van der Waals surface area contributed by atoms with E-state index >= 15 is 0 Å². The number of hydrogen-bond acceptors (Lipinski definition) is 5. The molecule has 2 aromatic heterocycles. The van der Waals surface area contributed by atoms with Crippen LogP contribution in [0.25, 0.3) is 10.2 Å². The van der Waals surface area contributed by atoms with E-state index < -0.39 is 0 Å². The van der Waals surface area contributed by atoms with E-state index in [2.05, 4.69) is 10.4 Å². The van der Waals surface area contributed by atoms with E-state index in [1.807, 2.05) is 30.3 Å². The molecular weight excluding hydrogens is 398 g/mol. The molecule has 0 atom stereocenters. The smallest absolute Gasteiger partial charge is 0.282 e. The van der Waals surface area contributed by atoms with E-state index in [4.69, 9.17) is 12.2 Å². The first-order valence-corrected chi connectivity index (χ1v) is 11.2. The number of nitrogens with one attached hydrogen (secondary N) is 2. The van der Waals surface area contributed by atoms with Gasteiger partial charge < -0.3 is 4.98 Å². The maximum absolute atomic E-state index is 13.0. The van der Waals surface area contributed by atoms with E-state index in [0.29, 0.717) is 5.39 Å². The molecule has 1 aliphatic rings. The Morgan fingerprint density at radius 3 is 2.85 bits per heavy atom. The number of benzene rings is 1. The average Bonchev–Trinajstić information content (AvgIpc) is 3.04. The van der Waals surface area contributed by atoms with Gasteiger partial charge in [0, 0.05) is 10.6 Å². The highest BCUT2D eigenvalue weighted by atomic mass is 32.2. The first-order valence-electron chi connectivity index (χ1n) is 8.84. The molecule has 0 unspecified atom stereocenters. The van der Waals surface area contributed by atoms with Crippen molar-refractivity contribution in [3.8, 4) is 0 Å². The maximum Gasteiger partial charge on any atom is 0.282 e. The Morgan fingerprint density at radius 2 is 2.04 bits per heavy atom. The summed E-state index contributed by atoms with van der Waals surface area (Å²) in [6, 6.07) is 9.98. The summed E-state index contributed by atoms with van der Waals surface area (Å²) in [5.74, 6) is 0.768. The van der Waals surface area contributed by atoms with Gasteiger partial charge in [-0.15, -0.1) is 23.1 Å². The molecule has 8 heteroatoms. The summed E-state index contributed by atoms with van der Waals surface area (Å²) in [7, 11) is 0. The predicted octanol–water partition coefficient (Wildman–Crippen LogP) is 4.00. The number of thioether (sulfide) groups is 1. The number of rotatable bonds is 5. The van der Waals surface area contributed by atoms with Gasteiger partial charge in [0.15, 0.2) is 0 Å². The van der Waals surface area contributed by atoms with Crippen LogP contribution >= 0.6 is 35.3 Å². The Kier molecular flexibility index (Phi) is 5.47. The van der Waals surface area contributed by atoms with Crippen molar-refractivity contribution in [1.82, 2.24) is 9.66 Å². The van der Waals surface area contributed by atoms with Crippen molar-refractivity contribution in [1.29, 1.82) is 0 Å². The van der Waals surface area contributed by atoms with Crippen LogP contribution in [0.15, 0.2) is 35.1 Å². The van der Waals surface area contributed by atoms with Gasteiger partial charge in [-0.05, 0) is 49.0 Å². The highest BCUT2D eigenvalue weighted by Gasteiger charge is 2.20. The van der Waals surface area contributed by atoms with Gasteiger partial charge >= 0.3 is 0 Å². The van der Waals surface area contributed by atoms with E-state index in [1.165, 1.54) is 21.3 Å². The largest absolute Gasteiger partial charge is 0.322 e. The Hall–Kier alpha value is -1.90. The lowest BCUT2D eigenvalue weighted by atomic mass is 9.97. The first kappa shape index (κ1) is 18.5. The number of aryl methyl sites for hydroxylation is 2. The fraction of sp³-hybridized carbons (Fsp3) is 0.316. The van der Waals surface area contributed by atoms with Gasteiger partial charge in [-0.2, -0.15) is 4.68 Å². The standard InChI is InChI=1S/C19H19N3O2S3/c23-15(11-26-10-12-6-2-1-3-7-12)21-22-18(24)16-13-8-4-5-9-14(13)27-17(16)20-19(22)25/h1-3,6-7H,4-5,8-11H2,(H,20,25)(H,21,23). The second kappa shape index (κ2) is 8.00. The van der Waals surface area contributed by atoms with Crippen LogP contribution in [0.1, 0.15) is 28.8 Å². The van der Waals surface area contributed by atoms with Crippen LogP contribution in [0.3, 0.4) is 0 Å². The van der Waals surface area contributed by atoms with Crippen molar-refractivity contribution in [2.45, 2.75) is 31.4 Å². The van der Waals surface area contributed by atoms with E-state index in [0.717, 1.165) is 47.4 Å². The summed E-state index contributed by atoms with van der Waals surface area (Å²) >= 11 is 8.43. The van der Waals surface area contributed by atoms with Crippen molar-refractivity contribution < 1.29 is 4.79 Å². The van der Waals surface area contributed by atoms with Crippen molar-refractivity contribution in [2.75, 3.05) is 11.2 Å². The first-order chi connectivity index (χ1) is 13.1. The number of nitrogens with zero attached hydrogens (tertiary/aromatic N) is 1. The maximum atomic E-state index is 13.0. The average molecular weight is 418 g/mol. The van der Waals surface area contributed by atoms with Gasteiger partial charge in [0.25, 0.3) is 5.56 Å². The molecule has 0 saturated heterocycles. The molecule has 4 rings (SSSR count). The molecule has 0 bridgehead atoms. The predicted molar refractivity (Wildman–Crippen MR) is 115 cm³/mol. The highest BCUT2D eigenvalue weighted by Crippen LogP contribution is 2.33. The lowest BCUT2D eigenvalue weighted by molar-refractivity contribution is -0.114. The monoisotopic (exact) mass is 417 g/mol. The third-order valence-corrected chi connectivity index (χ3v) is 7.09. The summed E-state index contributed by atoms with van der Waals surface area (Å²) in [6.07, 6.45) is 4.17. The Balaban J connectivity index is 1.52. The molecule has 140 valence electrons. The lowest BCUT2D eigenvalue weighted by Crippen LogP contribution is -2.35. The number of H-pyrrole nitrogens is 1. The zero-order valence-electron chi connectivity index (χ0n) is 14.6. The number of carbonyl (C=O) groups is 1. The Morgan fingerprint density at radius 1 is 1.26 bits per heavy atom. The summed E-state index contributed by atoms with van der Waals surface area (Å²) in [6.45, 7) is 0. The van der Waals surface area contributed by atoms with Crippen LogP contribution in [0.4, 0.5) is 0 Å². The molecule has 0 aliphatic heterocycles. The molecule has 5 nitrogen and oxygen atoms in total.